The summed E-state index contributed by atoms with van der Waals surface area (Å²) in [5.41, 5.74) is -2.81. The van der Waals surface area contributed by atoms with Gasteiger partial charge in [-0.2, -0.15) is 21.6 Å². The maximum Gasteiger partial charge on any atom is 0.516 e. The van der Waals surface area contributed by atoms with Gasteiger partial charge in [-0.15, -0.1) is 0 Å². The summed E-state index contributed by atoms with van der Waals surface area (Å²) in [4.78, 5) is 0. The van der Waals surface area contributed by atoms with Gasteiger partial charge in [0, 0.05) is 18.7 Å². The molecule has 0 N–H and O–H groups in total. The second-order valence-corrected chi connectivity index (χ2v) is 6.85. The van der Waals surface area contributed by atoms with Gasteiger partial charge in [0.1, 0.15) is 0 Å². The van der Waals surface area contributed by atoms with Crippen molar-refractivity contribution in [2.75, 3.05) is 13.2 Å². The Morgan fingerprint density at radius 2 is 2.05 bits per heavy atom. The molecule has 1 aromatic carbocycles. The quantitative estimate of drug-likeness (QED) is 0.799. The zero-order valence-corrected chi connectivity index (χ0v) is 11.6. The molecule has 8 heteroatoms. The third-order valence-corrected chi connectivity index (χ3v) is 5.11. The van der Waals surface area contributed by atoms with Crippen molar-refractivity contribution in [1.29, 1.82) is 0 Å². The molecule has 1 unspecified atom stereocenters. The van der Waals surface area contributed by atoms with E-state index in [1.54, 1.807) is 12.1 Å². The minimum atomic E-state index is -5.38. The number of benzene rings is 1. The average molecular weight is 319 g/mol. The first-order chi connectivity index (χ1) is 9.80. The van der Waals surface area contributed by atoms with E-state index in [-0.39, 0.29) is 13.2 Å². The Hall–Kier alpha value is -1.54. The van der Waals surface area contributed by atoms with E-state index in [1.807, 2.05) is 6.07 Å². The Morgan fingerprint density at radius 3 is 2.76 bits per heavy atom. The number of hydrogen-bond acceptors (Lipinski definition) is 3. The molecule has 21 heavy (non-hydrogen) atoms. The lowest BCUT2D eigenvalue weighted by molar-refractivity contribution is -0.0480. The largest absolute Gasteiger partial charge is 0.516 e. The third kappa shape index (κ3) is 2.32. The van der Waals surface area contributed by atoms with Crippen LogP contribution in [0.25, 0.3) is 6.08 Å². The highest BCUT2D eigenvalue weighted by Gasteiger charge is 2.50. The standard InChI is InChI=1S/C13H12F3NO3S/c14-13(15,16)21(18,19)17-5-4-9-2-1-3-10-7-20-8-11(6-17)12(9)10/h1-5,11H,6-8H2. The molecule has 2 aliphatic rings. The first-order valence-electron chi connectivity index (χ1n) is 6.26. The van der Waals surface area contributed by atoms with Gasteiger partial charge >= 0.3 is 15.5 Å². The predicted octanol–water partition coefficient (Wildman–Crippen LogP) is 2.44. The number of ether oxygens (including phenoxy) is 1. The van der Waals surface area contributed by atoms with Gasteiger partial charge in [-0.05, 0) is 22.8 Å². The van der Waals surface area contributed by atoms with Crippen molar-refractivity contribution < 1.29 is 26.3 Å². The molecule has 0 saturated heterocycles. The summed E-state index contributed by atoms with van der Waals surface area (Å²) in [5, 5.41) is 0. The van der Waals surface area contributed by atoms with Gasteiger partial charge in [-0.1, -0.05) is 18.2 Å². The highest BCUT2D eigenvalue weighted by molar-refractivity contribution is 7.90. The van der Waals surface area contributed by atoms with E-state index in [1.165, 1.54) is 6.08 Å². The molecule has 4 nitrogen and oxygen atoms in total. The summed E-state index contributed by atoms with van der Waals surface area (Å²) < 4.78 is 67.0. The van der Waals surface area contributed by atoms with E-state index < -0.39 is 21.4 Å². The topological polar surface area (TPSA) is 46.6 Å². The van der Waals surface area contributed by atoms with Crippen molar-refractivity contribution in [3.8, 4) is 0 Å². The molecule has 2 heterocycles. The summed E-state index contributed by atoms with van der Waals surface area (Å²) in [6, 6.07) is 5.38. The lowest BCUT2D eigenvalue weighted by atomic mass is 9.89. The highest BCUT2D eigenvalue weighted by atomic mass is 32.2. The van der Waals surface area contributed by atoms with E-state index in [0.717, 1.165) is 22.9 Å². The van der Waals surface area contributed by atoms with Crippen LogP contribution < -0.4 is 0 Å². The molecule has 1 atom stereocenters. The maximum atomic E-state index is 12.7. The van der Waals surface area contributed by atoms with Crippen LogP contribution in [0.5, 0.6) is 0 Å². The van der Waals surface area contributed by atoms with Crippen LogP contribution in [0.1, 0.15) is 22.6 Å². The lowest BCUT2D eigenvalue weighted by Gasteiger charge is -2.29. The second-order valence-electron chi connectivity index (χ2n) is 4.97. The van der Waals surface area contributed by atoms with Gasteiger partial charge in [0.15, 0.2) is 0 Å². The van der Waals surface area contributed by atoms with Crippen molar-refractivity contribution in [3.05, 3.63) is 41.1 Å². The number of rotatable bonds is 1. The number of alkyl halides is 3. The fraction of sp³-hybridized carbons (Fsp3) is 0.385. The van der Waals surface area contributed by atoms with Gasteiger partial charge in [-0.3, -0.25) is 4.31 Å². The van der Waals surface area contributed by atoms with Crippen LogP contribution >= 0.6 is 0 Å². The molecular formula is C13H12F3NO3S. The SMILES string of the molecule is O=S(=O)(N1C=Cc2cccc3c2C(COC3)C1)C(F)(F)F. The molecule has 114 valence electrons. The van der Waals surface area contributed by atoms with Crippen molar-refractivity contribution in [2.45, 2.75) is 18.0 Å². The van der Waals surface area contributed by atoms with Crippen LogP contribution in [0.4, 0.5) is 13.2 Å². The molecule has 0 aromatic heterocycles. The summed E-state index contributed by atoms with van der Waals surface area (Å²) >= 11 is 0. The van der Waals surface area contributed by atoms with Gasteiger partial charge in [0.25, 0.3) is 0 Å². The van der Waals surface area contributed by atoms with Crippen LogP contribution in [-0.2, 0) is 21.4 Å². The van der Waals surface area contributed by atoms with Gasteiger partial charge in [0.2, 0.25) is 0 Å². The predicted molar refractivity (Wildman–Crippen MR) is 69.6 cm³/mol. The Balaban J connectivity index is 2.05. The number of sulfonamides is 1. The van der Waals surface area contributed by atoms with Gasteiger partial charge < -0.3 is 4.74 Å². The first-order valence-corrected chi connectivity index (χ1v) is 7.70. The third-order valence-electron chi connectivity index (χ3n) is 3.64. The zero-order valence-electron chi connectivity index (χ0n) is 10.8. The summed E-state index contributed by atoms with van der Waals surface area (Å²) in [5.74, 6) is -0.405. The molecule has 0 fully saturated rings. The van der Waals surface area contributed by atoms with Crippen molar-refractivity contribution >= 4 is 16.1 Å². The average Bonchev–Trinajstić information content (AvgIpc) is 2.60. The van der Waals surface area contributed by atoms with E-state index >= 15 is 0 Å². The van der Waals surface area contributed by atoms with Crippen molar-refractivity contribution in [2.24, 2.45) is 0 Å². The Bertz CT molecular complexity index is 697. The summed E-state index contributed by atoms with van der Waals surface area (Å²) in [6.07, 6.45) is 2.39. The van der Waals surface area contributed by atoms with E-state index in [4.69, 9.17) is 4.74 Å². The normalized spacial score (nSPS) is 21.9. The first kappa shape index (κ1) is 14.4. The molecule has 0 bridgehead atoms. The molecule has 1 aromatic rings. The molecule has 3 rings (SSSR count). The van der Waals surface area contributed by atoms with Crippen LogP contribution in [0.3, 0.4) is 0 Å². The fourth-order valence-electron chi connectivity index (χ4n) is 2.69. The number of halogens is 3. The molecule has 0 radical (unpaired) electrons. The minimum absolute atomic E-state index is 0.204. The van der Waals surface area contributed by atoms with Crippen LogP contribution in [0, 0.1) is 0 Å². The van der Waals surface area contributed by atoms with Crippen molar-refractivity contribution in [3.63, 3.8) is 0 Å². The molecule has 2 aliphatic heterocycles. The molecule has 0 saturated carbocycles. The Labute approximate surface area is 119 Å². The molecule has 0 spiro atoms. The van der Waals surface area contributed by atoms with Gasteiger partial charge in [-0.25, -0.2) is 0 Å². The number of hydrogen-bond donors (Lipinski definition) is 0. The lowest BCUT2D eigenvalue weighted by Crippen LogP contribution is -2.40. The van der Waals surface area contributed by atoms with E-state index in [2.05, 4.69) is 0 Å². The van der Waals surface area contributed by atoms with Crippen LogP contribution in [0.2, 0.25) is 0 Å². The monoisotopic (exact) mass is 319 g/mol. The summed E-state index contributed by atoms with van der Waals surface area (Å²) in [7, 11) is -5.38. The van der Waals surface area contributed by atoms with Crippen LogP contribution in [-0.4, -0.2) is 31.4 Å². The maximum absolute atomic E-state index is 12.7. The molecule has 0 amide bonds. The molecule has 0 aliphatic carbocycles. The Kier molecular flexibility index (Phi) is 3.25. The molecular weight excluding hydrogens is 307 g/mol. The number of nitrogens with zero attached hydrogens (tertiary/aromatic N) is 1. The fourth-order valence-corrected chi connectivity index (χ4v) is 3.56. The Morgan fingerprint density at radius 1 is 1.29 bits per heavy atom. The van der Waals surface area contributed by atoms with E-state index in [0.29, 0.717) is 10.9 Å². The second kappa shape index (κ2) is 4.74. The van der Waals surface area contributed by atoms with Crippen molar-refractivity contribution in [1.82, 2.24) is 4.31 Å². The highest BCUT2D eigenvalue weighted by Crippen LogP contribution is 2.36. The van der Waals surface area contributed by atoms with E-state index in [9.17, 15) is 21.6 Å². The van der Waals surface area contributed by atoms with Gasteiger partial charge in [0.05, 0.1) is 13.2 Å². The summed E-state index contributed by atoms with van der Waals surface area (Å²) in [6.45, 7) is 0.317. The minimum Gasteiger partial charge on any atom is -0.376 e. The zero-order chi connectivity index (χ0) is 15.3. The smallest absolute Gasteiger partial charge is 0.376 e. The van der Waals surface area contributed by atoms with Crippen LogP contribution in [0.15, 0.2) is 24.4 Å².